The molecule has 0 N–H and O–H groups in total. The van der Waals surface area contributed by atoms with Gasteiger partial charge in [-0.2, -0.15) is 8.42 Å². The molecule has 0 unspecified atom stereocenters. The van der Waals surface area contributed by atoms with Crippen LogP contribution in [0.4, 0.5) is 0 Å². The highest BCUT2D eigenvalue weighted by Crippen LogP contribution is 2.14. The highest BCUT2D eigenvalue weighted by atomic mass is 32.2. The summed E-state index contributed by atoms with van der Waals surface area (Å²) < 4.78 is 31.7. The fraction of sp³-hybridized carbons (Fsp3) is 0.300. The van der Waals surface area contributed by atoms with E-state index in [-0.39, 0.29) is 5.75 Å². The van der Waals surface area contributed by atoms with E-state index in [1.54, 1.807) is 24.3 Å². The van der Waals surface area contributed by atoms with Crippen LogP contribution in [0.1, 0.15) is 12.5 Å². The van der Waals surface area contributed by atoms with Crippen molar-refractivity contribution >= 4 is 16.1 Å². The van der Waals surface area contributed by atoms with Gasteiger partial charge in [0.2, 0.25) is 0 Å². The number of carbonyl (C=O) groups is 1. The number of carbonyl (C=O) groups excluding carboxylic acids is 1. The van der Waals surface area contributed by atoms with Gasteiger partial charge in [0.25, 0.3) is 0 Å². The van der Waals surface area contributed by atoms with Gasteiger partial charge in [-0.05, 0) is 17.7 Å². The summed E-state index contributed by atoms with van der Waals surface area (Å²) >= 11 is 0. The average molecular weight is 244 g/mol. The quantitative estimate of drug-likeness (QED) is 0.741. The first-order chi connectivity index (χ1) is 7.43. The van der Waals surface area contributed by atoms with Crippen LogP contribution in [0.25, 0.3) is 0 Å². The van der Waals surface area contributed by atoms with Gasteiger partial charge in [-0.25, -0.2) is 0 Å². The fourth-order valence-electron chi connectivity index (χ4n) is 1.13. The molecule has 16 heavy (non-hydrogen) atoms. The highest BCUT2D eigenvalue weighted by molar-refractivity contribution is 7.86. The summed E-state index contributed by atoms with van der Waals surface area (Å²) in [5, 5.41) is 0. The zero-order valence-electron chi connectivity index (χ0n) is 8.97. The normalized spacial score (nSPS) is 10.9. The van der Waals surface area contributed by atoms with Crippen molar-refractivity contribution in [1.82, 2.24) is 0 Å². The summed E-state index contributed by atoms with van der Waals surface area (Å²) in [6.45, 7) is 1.05. The molecular formula is C10H12O5S. The van der Waals surface area contributed by atoms with Gasteiger partial charge in [0.15, 0.2) is 0 Å². The second kappa shape index (κ2) is 4.98. The molecule has 0 aliphatic heterocycles. The van der Waals surface area contributed by atoms with Gasteiger partial charge in [0.1, 0.15) is 11.5 Å². The van der Waals surface area contributed by atoms with E-state index in [1.807, 2.05) is 0 Å². The molecule has 6 heteroatoms. The molecule has 0 spiro atoms. The Balaban J connectivity index is 2.76. The van der Waals surface area contributed by atoms with Crippen molar-refractivity contribution in [2.75, 3.05) is 7.11 Å². The maximum absolute atomic E-state index is 11.3. The van der Waals surface area contributed by atoms with E-state index in [9.17, 15) is 13.2 Å². The molecule has 1 aromatic rings. The van der Waals surface area contributed by atoms with Crippen LogP contribution in [0.5, 0.6) is 5.75 Å². The zero-order chi connectivity index (χ0) is 12.2. The number of hydrogen-bond donors (Lipinski definition) is 0. The molecule has 5 nitrogen and oxygen atoms in total. The highest BCUT2D eigenvalue weighted by Gasteiger charge is 2.15. The van der Waals surface area contributed by atoms with E-state index in [2.05, 4.69) is 4.18 Å². The van der Waals surface area contributed by atoms with Crippen molar-refractivity contribution in [1.29, 1.82) is 0 Å². The minimum Gasteiger partial charge on any atom is -0.497 e. The van der Waals surface area contributed by atoms with Crippen LogP contribution in [0, 0.1) is 0 Å². The SMILES string of the molecule is COc1ccc(CS(=O)(=O)OC(C)=O)cc1. The van der Waals surface area contributed by atoms with E-state index in [0.717, 1.165) is 6.92 Å². The molecule has 0 aromatic heterocycles. The van der Waals surface area contributed by atoms with Crippen LogP contribution in [0.3, 0.4) is 0 Å². The Hall–Kier alpha value is -1.56. The minimum atomic E-state index is -3.84. The summed E-state index contributed by atoms with van der Waals surface area (Å²) in [5.41, 5.74) is 0.530. The van der Waals surface area contributed by atoms with Crippen LogP contribution >= 0.6 is 0 Å². The van der Waals surface area contributed by atoms with Gasteiger partial charge in [-0.15, -0.1) is 0 Å². The van der Waals surface area contributed by atoms with Crippen molar-refractivity contribution in [2.45, 2.75) is 12.7 Å². The van der Waals surface area contributed by atoms with Crippen LogP contribution in [-0.4, -0.2) is 21.5 Å². The molecular weight excluding hydrogens is 232 g/mol. The van der Waals surface area contributed by atoms with E-state index >= 15 is 0 Å². The number of benzene rings is 1. The fourth-order valence-corrected chi connectivity index (χ4v) is 2.15. The van der Waals surface area contributed by atoms with E-state index in [1.165, 1.54) is 7.11 Å². The summed E-state index contributed by atoms with van der Waals surface area (Å²) in [4.78, 5) is 10.5. The Labute approximate surface area is 94.1 Å². The first kappa shape index (κ1) is 12.5. The van der Waals surface area contributed by atoms with Gasteiger partial charge >= 0.3 is 16.1 Å². The lowest BCUT2D eigenvalue weighted by molar-refractivity contribution is -0.131. The first-order valence-corrected chi connectivity index (χ1v) is 6.06. The lowest BCUT2D eigenvalue weighted by Gasteiger charge is -2.04. The molecule has 0 radical (unpaired) electrons. The number of ether oxygens (including phenoxy) is 1. The molecule has 1 aromatic carbocycles. The van der Waals surface area contributed by atoms with Gasteiger partial charge in [0.05, 0.1) is 7.11 Å². The molecule has 0 saturated carbocycles. The molecule has 0 aliphatic rings. The monoisotopic (exact) mass is 244 g/mol. The van der Waals surface area contributed by atoms with Crippen molar-refractivity contribution in [2.24, 2.45) is 0 Å². The van der Waals surface area contributed by atoms with Gasteiger partial charge in [-0.3, -0.25) is 4.79 Å². The topological polar surface area (TPSA) is 69.7 Å². The maximum Gasteiger partial charge on any atom is 0.319 e. The maximum atomic E-state index is 11.3. The molecule has 0 amide bonds. The lowest BCUT2D eigenvalue weighted by Crippen LogP contribution is -2.12. The molecule has 0 saturated heterocycles. The first-order valence-electron chi connectivity index (χ1n) is 4.48. The van der Waals surface area contributed by atoms with E-state index in [0.29, 0.717) is 11.3 Å². The van der Waals surface area contributed by atoms with Gasteiger partial charge in [-0.1, -0.05) is 12.1 Å². The van der Waals surface area contributed by atoms with Crippen molar-refractivity contribution in [3.8, 4) is 5.75 Å². The third-order valence-corrected chi connectivity index (χ3v) is 2.92. The Morgan fingerprint density at radius 1 is 1.25 bits per heavy atom. The summed E-state index contributed by atoms with van der Waals surface area (Å²) in [7, 11) is -2.33. The van der Waals surface area contributed by atoms with Crippen LogP contribution < -0.4 is 4.74 Å². The Morgan fingerprint density at radius 3 is 2.25 bits per heavy atom. The number of rotatable bonds is 4. The Bertz CT molecular complexity index is 460. The Morgan fingerprint density at radius 2 is 1.81 bits per heavy atom. The summed E-state index contributed by atoms with van der Waals surface area (Å²) in [6, 6.07) is 6.47. The summed E-state index contributed by atoms with van der Waals surface area (Å²) in [5.74, 6) is -0.543. The standard InChI is InChI=1S/C10H12O5S/c1-8(11)15-16(12,13)7-9-3-5-10(14-2)6-4-9/h3-6H,7H2,1-2H3. The zero-order valence-corrected chi connectivity index (χ0v) is 9.78. The average Bonchev–Trinajstić information content (AvgIpc) is 2.16. The molecule has 1 rings (SSSR count). The minimum absolute atomic E-state index is 0.337. The molecule has 0 atom stereocenters. The summed E-state index contributed by atoms with van der Waals surface area (Å²) in [6.07, 6.45) is 0. The van der Waals surface area contributed by atoms with Crippen molar-refractivity contribution in [3.63, 3.8) is 0 Å². The van der Waals surface area contributed by atoms with E-state index < -0.39 is 16.1 Å². The molecule has 0 aliphatic carbocycles. The molecule has 0 fully saturated rings. The van der Waals surface area contributed by atoms with E-state index in [4.69, 9.17) is 4.74 Å². The predicted molar refractivity (Wildman–Crippen MR) is 57.4 cm³/mol. The smallest absolute Gasteiger partial charge is 0.319 e. The second-order valence-corrected chi connectivity index (χ2v) is 4.70. The van der Waals surface area contributed by atoms with Gasteiger partial charge in [0, 0.05) is 6.92 Å². The third kappa shape index (κ3) is 3.90. The van der Waals surface area contributed by atoms with Crippen LogP contribution in [0.15, 0.2) is 24.3 Å². The molecule has 0 bridgehead atoms. The lowest BCUT2D eigenvalue weighted by atomic mass is 10.2. The van der Waals surface area contributed by atoms with Crippen LogP contribution in [-0.2, 0) is 24.8 Å². The van der Waals surface area contributed by atoms with Crippen molar-refractivity contribution < 1.29 is 22.1 Å². The van der Waals surface area contributed by atoms with Gasteiger partial charge < -0.3 is 8.92 Å². The second-order valence-electron chi connectivity index (χ2n) is 3.13. The van der Waals surface area contributed by atoms with Crippen molar-refractivity contribution in [3.05, 3.63) is 29.8 Å². The number of methoxy groups -OCH3 is 1. The Kier molecular flexibility index (Phi) is 3.89. The largest absolute Gasteiger partial charge is 0.497 e. The molecule has 88 valence electrons. The third-order valence-electron chi connectivity index (χ3n) is 1.75. The number of hydrogen-bond acceptors (Lipinski definition) is 5. The van der Waals surface area contributed by atoms with Crippen LogP contribution in [0.2, 0.25) is 0 Å². The molecule has 0 heterocycles. The predicted octanol–water partition coefficient (Wildman–Crippen LogP) is 1.09.